The van der Waals surface area contributed by atoms with Crippen molar-refractivity contribution < 1.29 is 5.11 Å². The van der Waals surface area contributed by atoms with Gasteiger partial charge in [0.15, 0.2) is 0 Å². The summed E-state index contributed by atoms with van der Waals surface area (Å²) in [5.74, 6) is 0.717. The van der Waals surface area contributed by atoms with E-state index in [2.05, 4.69) is 15.3 Å². The minimum atomic E-state index is -0.254. The summed E-state index contributed by atoms with van der Waals surface area (Å²) in [7, 11) is 3.83. The van der Waals surface area contributed by atoms with E-state index in [1.807, 2.05) is 25.1 Å². The molecule has 0 amide bonds. The van der Waals surface area contributed by atoms with Gasteiger partial charge in [-0.25, -0.2) is 9.97 Å². The second-order valence-corrected chi connectivity index (χ2v) is 4.06. The zero-order valence-electron chi connectivity index (χ0n) is 10.1. The Labute approximate surface area is 96.5 Å². The van der Waals surface area contributed by atoms with Crippen molar-refractivity contribution in [2.24, 2.45) is 0 Å². The van der Waals surface area contributed by atoms with Gasteiger partial charge in [-0.3, -0.25) is 0 Å². The molecule has 0 spiro atoms. The molecule has 0 saturated carbocycles. The highest BCUT2D eigenvalue weighted by atomic mass is 16.3. The van der Waals surface area contributed by atoms with Gasteiger partial charge in [-0.1, -0.05) is 0 Å². The number of aliphatic hydroxyl groups is 1. The van der Waals surface area contributed by atoms with Crippen molar-refractivity contribution in [3.8, 4) is 0 Å². The Morgan fingerprint density at radius 3 is 2.88 bits per heavy atom. The fourth-order valence-electron chi connectivity index (χ4n) is 1.23. The summed E-state index contributed by atoms with van der Waals surface area (Å²) in [6.07, 6.45) is 2.26. The largest absolute Gasteiger partial charge is 0.393 e. The van der Waals surface area contributed by atoms with Gasteiger partial charge in [0.2, 0.25) is 5.95 Å². The maximum absolute atomic E-state index is 9.09. The SMILES string of the molecule is CC(O)CCNCc1ccnc(N(C)C)n1. The van der Waals surface area contributed by atoms with E-state index in [9.17, 15) is 0 Å². The zero-order chi connectivity index (χ0) is 12.0. The fourth-order valence-corrected chi connectivity index (χ4v) is 1.23. The van der Waals surface area contributed by atoms with Crippen LogP contribution in [0.1, 0.15) is 19.0 Å². The van der Waals surface area contributed by atoms with Crippen molar-refractivity contribution in [1.29, 1.82) is 0 Å². The van der Waals surface area contributed by atoms with Gasteiger partial charge in [0.25, 0.3) is 0 Å². The summed E-state index contributed by atoms with van der Waals surface area (Å²) in [6.45, 7) is 3.28. The van der Waals surface area contributed by atoms with Gasteiger partial charge in [-0.15, -0.1) is 0 Å². The topological polar surface area (TPSA) is 61.3 Å². The molecule has 1 rings (SSSR count). The molecule has 0 bridgehead atoms. The Kier molecular flexibility index (Phi) is 5.14. The predicted octanol–water partition coefficient (Wildman–Crippen LogP) is 0.403. The molecule has 1 aromatic rings. The lowest BCUT2D eigenvalue weighted by Gasteiger charge is -2.11. The van der Waals surface area contributed by atoms with Crippen molar-refractivity contribution in [3.05, 3.63) is 18.0 Å². The summed E-state index contributed by atoms with van der Waals surface area (Å²) < 4.78 is 0. The van der Waals surface area contributed by atoms with E-state index < -0.39 is 0 Å². The number of aliphatic hydroxyl groups excluding tert-OH is 1. The lowest BCUT2D eigenvalue weighted by atomic mass is 10.3. The van der Waals surface area contributed by atoms with Crippen LogP contribution in [0.2, 0.25) is 0 Å². The van der Waals surface area contributed by atoms with E-state index in [4.69, 9.17) is 5.11 Å². The number of nitrogens with one attached hydrogen (secondary N) is 1. The van der Waals surface area contributed by atoms with Crippen LogP contribution in [0.25, 0.3) is 0 Å². The highest BCUT2D eigenvalue weighted by Gasteiger charge is 2.01. The summed E-state index contributed by atoms with van der Waals surface area (Å²) in [5, 5.41) is 12.3. The van der Waals surface area contributed by atoms with Crippen LogP contribution >= 0.6 is 0 Å². The second-order valence-electron chi connectivity index (χ2n) is 4.06. The lowest BCUT2D eigenvalue weighted by molar-refractivity contribution is 0.183. The third-order valence-corrected chi connectivity index (χ3v) is 2.15. The lowest BCUT2D eigenvalue weighted by Crippen LogP contribution is -2.20. The molecule has 5 heteroatoms. The van der Waals surface area contributed by atoms with Gasteiger partial charge in [0.1, 0.15) is 0 Å². The average molecular weight is 224 g/mol. The molecule has 0 radical (unpaired) electrons. The van der Waals surface area contributed by atoms with E-state index in [1.165, 1.54) is 0 Å². The minimum absolute atomic E-state index is 0.254. The van der Waals surface area contributed by atoms with Gasteiger partial charge in [0.05, 0.1) is 11.8 Å². The second kappa shape index (κ2) is 6.40. The number of aromatic nitrogens is 2. The van der Waals surface area contributed by atoms with Gasteiger partial charge in [0, 0.05) is 26.8 Å². The molecule has 1 aromatic heterocycles. The number of nitrogens with zero attached hydrogens (tertiary/aromatic N) is 3. The summed E-state index contributed by atoms with van der Waals surface area (Å²) >= 11 is 0. The van der Waals surface area contributed by atoms with Crippen LogP contribution in [0.3, 0.4) is 0 Å². The Balaban J connectivity index is 2.39. The quantitative estimate of drug-likeness (QED) is 0.685. The summed E-state index contributed by atoms with van der Waals surface area (Å²) in [6, 6.07) is 1.89. The van der Waals surface area contributed by atoms with Crippen molar-refractivity contribution in [2.45, 2.75) is 26.0 Å². The molecule has 1 unspecified atom stereocenters. The minimum Gasteiger partial charge on any atom is -0.393 e. The van der Waals surface area contributed by atoms with Crippen LogP contribution in [0, 0.1) is 0 Å². The molecule has 5 nitrogen and oxygen atoms in total. The number of hydrogen-bond donors (Lipinski definition) is 2. The third-order valence-electron chi connectivity index (χ3n) is 2.15. The van der Waals surface area contributed by atoms with Crippen LogP contribution in [0.15, 0.2) is 12.3 Å². The first-order chi connectivity index (χ1) is 7.59. The maximum Gasteiger partial charge on any atom is 0.225 e. The Morgan fingerprint density at radius 2 is 2.25 bits per heavy atom. The molecule has 2 N–H and O–H groups in total. The third kappa shape index (κ3) is 4.55. The summed E-state index contributed by atoms with van der Waals surface area (Å²) in [5.41, 5.74) is 0.962. The molecule has 0 aliphatic heterocycles. The first-order valence-electron chi connectivity index (χ1n) is 5.47. The molecular weight excluding hydrogens is 204 g/mol. The van der Waals surface area contributed by atoms with Gasteiger partial charge >= 0.3 is 0 Å². The molecule has 16 heavy (non-hydrogen) atoms. The number of rotatable bonds is 6. The molecule has 0 aromatic carbocycles. The highest BCUT2D eigenvalue weighted by molar-refractivity contribution is 5.26. The monoisotopic (exact) mass is 224 g/mol. The van der Waals surface area contributed by atoms with E-state index in [1.54, 1.807) is 13.1 Å². The van der Waals surface area contributed by atoms with E-state index in [0.29, 0.717) is 6.54 Å². The van der Waals surface area contributed by atoms with Gasteiger partial charge in [-0.2, -0.15) is 0 Å². The normalized spacial score (nSPS) is 12.5. The van der Waals surface area contributed by atoms with Crippen LogP contribution in [-0.4, -0.2) is 41.8 Å². The predicted molar refractivity (Wildman–Crippen MR) is 64.4 cm³/mol. The Morgan fingerprint density at radius 1 is 1.50 bits per heavy atom. The van der Waals surface area contributed by atoms with Gasteiger partial charge < -0.3 is 15.3 Å². The smallest absolute Gasteiger partial charge is 0.225 e. The summed E-state index contributed by atoms with van der Waals surface area (Å²) in [4.78, 5) is 10.4. The highest BCUT2D eigenvalue weighted by Crippen LogP contribution is 2.03. The first-order valence-corrected chi connectivity index (χ1v) is 5.47. The van der Waals surface area contributed by atoms with E-state index in [-0.39, 0.29) is 6.10 Å². The van der Waals surface area contributed by atoms with Crippen LogP contribution in [0.5, 0.6) is 0 Å². The molecule has 0 fully saturated rings. The van der Waals surface area contributed by atoms with Crippen molar-refractivity contribution in [2.75, 3.05) is 25.5 Å². The van der Waals surface area contributed by atoms with Gasteiger partial charge in [-0.05, 0) is 26.0 Å². The molecule has 0 aliphatic rings. The molecule has 90 valence electrons. The van der Waals surface area contributed by atoms with Crippen molar-refractivity contribution >= 4 is 5.95 Å². The fraction of sp³-hybridized carbons (Fsp3) is 0.636. The number of hydrogen-bond acceptors (Lipinski definition) is 5. The molecule has 0 aliphatic carbocycles. The Bertz CT molecular complexity index is 315. The zero-order valence-corrected chi connectivity index (χ0v) is 10.1. The standard InChI is InChI=1S/C11H20N4O/c1-9(16)4-6-12-8-10-5-7-13-11(14-10)15(2)3/h5,7,9,12,16H,4,6,8H2,1-3H3. The van der Waals surface area contributed by atoms with Crippen molar-refractivity contribution in [3.63, 3.8) is 0 Å². The molecule has 1 heterocycles. The average Bonchev–Trinajstić information content (AvgIpc) is 2.24. The van der Waals surface area contributed by atoms with Crippen LogP contribution in [0.4, 0.5) is 5.95 Å². The molecule has 1 atom stereocenters. The molecule has 0 saturated heterocycles. The van der Waals surface area contributed by atoms with E-state index >= 15 is 0 Å². The Hall–Kier alpha value is -1.20. The van der Waals surface area contributed by atoms with E-state index in [0.717, 1.165) is 24.6 Å². The van der Waals surface area contributed by atoms with Crippen LogP contribution < -0.4 is 10.2 Å². The number of anilines is 1. The molecular formula is C11H20N4O. The first kappa shape index (κ1) is 12.9. The van der Waals surface area contributed by atoms with Crippen molar-refractivity contribution in [1.82, 2.24) is 15.3 Å². The maximum atomic E-state index is 9.09. The van der Waals surface area contributed by atoms with Crippen LogP contribution in [-0.2, 0) is 6.54 Å².